The summed E-state index contributed by atoms with van der Waals surface area (Å²) in [5.41, 5.74) is 2.92. The molecule has 0 spiro atoms. The zero-order valence-electron chi connectivity index (χ0n) is 11.8. The molecule has 0 aromatic heterocycles. The van der Waals surface area contributed by atoms with Gasteiger partial charge in [-0.3, -0.25) is 0 Å². The third-order valence-corrected chi connectivity index (χ3v) is 3.87. The Bertz CT molecular complexity index is 315. The van der Waals surface area contributed by atoms with E-state index in [1.807, 2.05) is 0 Å². The van der Waals surface area contributed by atoms with Gasteiger partial charge >= 0.3 is 0 Å². The van der Waals surface area contributed by atoms with Crippen LogP contribution in [0.3, 0.4) is 0 Å². The molecule has 1 aromatic rings. The number of rotatable bonds is 7. The van der Waals surface area contributed by atoms with Crippen LogP contribution in [-0.2, 0) is 13.0 Å². The molecule has 0 amide bonds. The topological polar surface area (TPSA) is 12.0 Å². The van der Waals surface area contributed by atoms with Crippen molar-refractivity contribution in [2.75, 3.05) is 0 Å². The Morgan fingerprint density at radius 3 is 2.12 bits per heavy atom. The fraction of sp³-hybridized carbons (Fsp3) is 0.625. The van der Waals surface area contributed by atoms with E-state index in [0.29, 0.717) is 6.04 Å². The van der Waals surface area contributed by atoms with Crippen molar-refractivity contribution in [3.8, 4) is 0 Å². The van der Waals surface area contributed by atoms with E-state index in [1.54, 1.807) is 0 Å². The third-order valence-electron chi connectivity index (χ3n) is 3.87. The molecule has 0 radical (unpaired) electrons. The van der Waals surface area contributed by atoms with Crippen LogP contribution in [-0.4, -0.2) is 6.04 Å². The summed E-state index contributed by atoms with van der Waals surface area (Å²) < 4.78 is 0. The van der Waals surface area contributed by atoms with E-state index in [4.69, 9.17) is 0 Å². The van der Waals surface area contributed by atoms with Crippen LogP contribution < -0.4 is 5.32 Å². The molecular weight excluding hydrogens is 206 g/mol. The molecule has 1 rings (SSSR count). The van der Waals surface area contributed by atoms with Gasteiger partial charge in [0, 0.05) is 12.6 Å². The second-order valence-corrected chi connectivity index (χ2v) is 4.87. The second-order valence-electron chi connectivity index (χ2n) is 4.87. The Morgan fingerprint density at radius 2 is 1.59 bits per heavy atom. The summed E-state index contributed by atoms with van der Waals surface area (Å²) in [6, 6.07) is 9.35. The Labute approximate surface area is 107 Å². The number of hydrogen-bond donors (Lipinski definition) is 1. The summed E-state index contributed by atoms with van der Waals surface area (Å²) in [5, 5.41) is 3.68. The van der Waals surface area contributed by atoms with Gasteiger partial charge < -0.3 is 5.32 Å². The minimum Gasteiger partial charge on any atom is -0.310 e. The largest absolute Gasteiger partial charge is 0.310 e. The van der Waals surface area contributed by atoms with Crippen LogP contribution in [0, 0.1) is 5.92 Å². The molecule has 1 aromatic carbocycles. The van der Waals surface area contributed by atoms with E-state index in [2.05, 4.69) is 57.3 Å². The lowest BCUT2D eigenvalue weighted by atomic mass is 9.95. The van der Waals surface area contributed by atoms with Crippen LogP contribution in [0.4, 0.5) is 0 Å². The molecule has 0 fully saturated rings. The second kappa shape index (κ2) is 7.50. The molecule has 1 nitrogen and oxygen atoms in total. The molecule has 1 unspecified atom stereocenters. The first kappa shape index (κ1) is 14.2. The molecular formula is C16H27N. The maximum Gasteiger partial charge on any atom is 0.0210 e. The van der Waals surface area contributed by atoms with Crippen LogP contribution in [0.2, 0.25) is 0 Å². The lowest BCUT2D eigenvalue weighted by Crippen LogP contribution is -2.32. The van der Waals surface area contributed by atoms with Crippen LogP contribution in [0.25, 0.3) is 0 Å². The molecule has 0 saturated carbocycles. The van der Waals surface area contributed by atoms with Gasteiger partial charge in [0.25, 0.3) is 0 Å². The normalized spacial score (nSPS) is 13.0. The molecule has 0 saturated heterocycles. The molecule has 1 N–H and O–H groups in total. The van der Waals surface area contributed by atoms with Gasteiger partial charge in [-0.25, -0.2) is 0 Å². The maximum atomic E-state index is 3.68. The fourth-order valence-corrected chi connectivity index (χ4v) is 2.51. The van der Waals surface area contributed by atoms with Crippen LogP contribution in [0.5, 0.6) is 0 Å². The highest BCUT2D eigenvalue weighted by molar-refractivity contribution is 5.26. The van der Waals surface area contributed by atoms with Gasteiger partial charge in [-0.2, -0.15) is 0 Å². The molecule has 0 aliphatic heterocycles. The standard InChI is InChI=1S/C16H27N/c1-5-14(6-2)13(4)17-12-16-11-9-8-10-15(16)7-3/h8-11,13-14,17H,5-7,12H2,1-4H3. The van der Waals surface area contributed by atoms with Gasteiger partial charge in [-0.1, -0.05) is 57.9 Å². The summed E-state index contributed by atoms with van der Waals surface area (Å²) >= 11 is 0. The minimum absolute atomic E-state index is 0.606. The summed E-state index contributed by atoms with van der Waals surface area (Å²) in [6.07, 6.45) is 3.65. The average molecular weight is 233 g/mol. The van der Waals surface area contributed by atoms with Gasteiger partial charge in [0.05, 0.1) is 0 Å². The van der Waals surface area contributed by atoms with Crippen molar-refractivity contribution in [3.05, 3.63) is 35.4 Å². The Balaban J connectivity index is 2.54. The van der Waals surface area contributed by atoms with Crippen LogP contribution in [0.1, 0.15) is 51.7 Å². The van der Waals surface area contributed by atoms with E-state index in [-0.39, 0.29) is 0 Å². The third kappa shape index (κ3) is 4.16. The predicted octanol–water partition coefficient (Wildman–Crippen LogP) is 4.16. The fourth-order valence-electron chi connectivity index (χ4n) is 2.51. The highest BCUT2D eigenvalue weighted by Crippen LogP contribution is 2.14. The minimum atomic E-state index is 0.606. The molecule has 1 heteroatoms. The van der Waals surface area contributed by atoms with E-state index < -0.39 is 0 Å². The molecule has 0 aliphatic carbocycles. The van der Waals surface area contributed by atoms with Crippen molar-refractivity contribution in [2.24, 2.45) is 5.92 Å². The zero-order chi connectivity index (χ0) is 12.7. The lowest BCUT2D eigenvalue weighted by Gasteiger charge is -2.23. The molecule has 1 atom stereocenters. The number of aryl methyl sites for hydroxylation is 1. The van der Waals surface area contributed by atoms with Gasteiger partial charge in [0.2, 0.25) is 0 Å². The van der Waals surface area contributed by atoms with Gasteiger partial charge in [-0.05, 0) is 30.4 Å². The van der Waals surface area contributed by atoms with Gasteiger partial charge in [-0.15, -0.1) is 0 Å². The van der Waals surface area contributed by atoms with E-state index in [0.717, 1.165) is 18.9 Å². The van der Waals surface area contributed by atoms with Gasteiger partial charge in [0.1, 0.15) is 0 Å². The van der Waals surface area contributed by atoms with Crippen LogP contribution >= 0.6 is 0 Å². The average Bonchev–Trinajstić information content (AvgIpc) is 2.38. The molecule has 0 bridgehead atoms. The van der Waals surface area contributed by atoms with Crippen molar-refractivity contribution in [3.63, 3.8) is 0 Å². The smallest absolute Gasteiger partial charge is 0.0210 e. The Morgan fingerprint density at radius 1 is 1.00 bits per heavy atom. The highest BCUT2D eigenvalue weighted by atomic mass is 14.9. The zero-order valence-corrected chi connectivity index (χ0v) is 11.8. The van der Waals surface area contributed by atoms with Gasteiger partial charge in [0.15, 0.2) is 0 Å². The molecule has 96 valence electrons. The summed E-state index contributed by atoms with van der Waals surface area (Å²) in [4.78, 5) is 0. The number of hydrogen-bond acceptors (Lipinski definition) is 1. The molecule has 0 aliphatic rings. The first-order chi connectivity index (χ1) is 8.22. The van der Waals surface area contributed by atoms with Crippen molar-refractivity contribution in [1.29, 1.82) is 0 Å². The summed E-state index contributed by atoms with van der Waals surface area (Å²) in [6.45, 7) is 10.1. The summed E-state index contributed by atoms with van der Waals surface area (Å²) in [5.74, 6) is 0.795. The molecule has 0 heterocycles. The van der Waals surface area contributed by atoms with Crippen molar-refractivity contribution < 1.29 is 0 Å². The number of nitrogens with one attached hydrogen (secondary N) is 1. The van der Waals surface area contributed by atoms with Crippen LogP contribution in [0.15, 0.2) is 24.3 Å². The highest BCUT2D eigenvalue weighted by Gasteiger charge is 2.12. The monoisotopic (exact) mass is 233 g/mol. The lowest BCUT2D eigenvalue weighted by molar-refractivity contribution is 0.353. The predicted molar refractivity (Wildman–Crippen MR) is 76.2 cm³/mol. The maximum absolute atomic E-state index is 3.68. The number of benzene rings is 1. The Hall–Kier alpha value is -0.820. The SMILES string of the molecule is CCc1ccccc1CNC(C)C(CC)CC. The first-order valence-corrected chi connectivity index (χ1v) is 7.03. The van der Waals surface area contributed by atoms with E-state index >= 15 is 0 Å². The first-order valence-electron chi connectivity index (χ1n) is 7.03. The Kier molecular flexibility index (Phi) is 6.28. The molecule has 17 heavy (non-hydrogen) atoms. The van der Waals surface area contributed by atoms with E-state index in [1.165, 1.54) is 24.0 Å². The quantitative estimate of drug-likeness (QED) is 0.745. The van der Waals surface area contributed by atoms with Crippen molar-refractivity contribution >= 4 is 0 Å². The van der Waals surface area contributed by atoms with E-state index in [9.17, 15) is 0 Å². The van der Waals surface area contributed by atoms with Crippen molar-refractivity contribution in [1.82, 2.24) is 5.32 Å². The van der Waals surface area contributed by atoms with Crippen molar-refractivity contribution in [2.45, 2.75) is 59.5 Å². The summed E-state index contributed by atoms with van der Waals surface area (Å²) in [7, 11) is 0.